The monoisotopic (exact) mass is 287 g/mol. The molecular weight excluding hydrogens is 262 g/mol. The van der Waals surface area contributed by atoms with Crippen LogP contribution in [0.15, 0.2) is 24.3 Å². The highest BCUT2D eigenvalue weighted by atomic mass is 16.4. The molecule has 4 unspecified atom stereocenters. The smallest absolute Gasteiger partial charge is 0.321 e. The van der Waals surface area contributed by atoms with Crippen LogP contribution in [0.5, 0.6) is 0 Å². The molecule has 1 aliphatic heterocycles. The fourth-order valence-electron chi connectivity index (χ4n) is 3.98. The SMILES string of the molecule is CC1CCC(N2Cc3ccccc3CC2C(=O)O)CC1C. The molecule has 1 heterocycles. The van der Waals surface area contributed by atoms with Crippen LogP contribution in [0.25, 0.3) is 0 Å². The number of hydrogen-bond acceptors (Lipinski definition) is 2. The standard InChI is InChI=1S/C18H25NO2/c1-12-7-8-16(9-13(12)2)19-11-15-6-4-3-5-14(15)10-17(19)18(20)21/h3-6,12-13,16-17H,7-11H2,1-2H3,(H,20,21). The Labute approximate surface area is 127 Å². The van der Waals surface area contributed by atoms with Gasteiger partial charge in [-0.15, -0.1) is 0 Å². The molecule has 4 atom stereocenters. The number of carboxylic acid groups (broad SMARTS) is 1. The largest absolute Gasteiger partial charge is 0.480 e. The van der Waals surface area contributed by atoms with E-state index in [-0.39, 0.29) is 6.04 Å². The Morgan fingerprint density at radius 3 is 2.52 bits per heavy atom. The molecule has 114 valence electrons. The van der Waals surface area contributed by atoms with Crippen LogP contribution in [-0.4, -0.2) is 28.1 Å². The van der Waals surface area contributed by atoms with Gasteiger partial charge in [-0.3, -0.25) is 9.69 Å². The predicted molar refractivity (Wildman–Crippen MR) is 83.1 cm³/mol. The fraction of sp³-hybridized carbons (Fsp3) is 0.611. The molecule has 0 radical (unpaired) electrons. The molecule has 2 aliphatic rings. The van der Waals surface area contributed by atoms with Gasteiger partial charge in [0.1, 0.15) is 6.04 Å². The average Bonchev–Trinajstić information content (AvgIpc) is 2.48. The first-order valence-electron chi connectivity index (χ1n) is 8.11. The van der Waals surface area contributed by atoms with Crippen molar-refractivity contribution in [2.45, 2.75) is 58.2 Å². The van der Waals surface area contributed by atoms with E-state index in [2.05, 4.69) is 36.9 Å². The number of carboxylic acids is 1. The number of aliphatic carboxylic acids is 1. The summed E-state index contributed by atoms with van der Waals surface area (Å²) in [6, 6.07) is 8.36. The van der Waals surface area contributed by atoms with Crippen LogP contribution in [0, 0.1) is 11.8 Å². The van der Waals surface area contributed by atoms with Gasteiger partial charge in [-0.25, -0.2) is 0 Å². The topological polar surface area (TPSA) is 40.5 Å². The van der Waals surface area contributed by atoms with Crippen LogP contribution < -0.4 is 0 Å². The lowest BCUT2D eigenvalue weighted by Crippen LogP contribution is -2.52. The first kappa shape index (κ1) is 14.6. The minimum Gasteiger partial charge on any atom is -0.480 e. The van der Waals surface area contributed by atoms with Crippen molar-refractivity contribution in [3.05, 3.63) is 35.4 Å². The number of nitrogens with zero attached hydrogens (tertiary/aromatic N) is 1. The molecule has 21 heavy (non-hydrogen) atoms. The van der Waals surface area contributed by atoms with Crippen LogP contribution in [0.1, 0.15) is 44.2 Å². The summed E-state index contributed by atoms with van der Waals surface area (Å²) in [5.74, 6) is 0.785. The normalized spacial score (nSPS) is 33.4. The van der Waals surface area contributed by atoms with Gasteiger partial charge in [0.05, 0.1) is 0 Å². The molecule has 1 N–H and O–H groups in total. The summed E-state index contributed by atoms with van der Waals surface area (Å²) in [5.41, 5.74) is 2.51. The Kier molecular flexibility index (Phi) is 4.03. The van der Waals surface area contributed by atoms with Crippen molar-refractivity contribution in [2.24, 2.45) is 11.8 Å². The lowest BCUT2D eigenvalue weighted by atomic mass is 9.77. The van der Waals surface area contributed by atoms with E-state index < -0.39 is 5.97 Å². The molecule has 0 aromatic heterocycles. The van der Waals surface area contributed by atoms with Crippen molar-refractivity contribution in [3.8, 4) is 0 Å². The Bertz CT molecular complexity index is 528. The number of fused-ring (bicyclic) bond motifs is 1. The van der Waals surface area contributed by atoms with E-state index in [1.807, 2.05) is 6.07 Å². The number of carbonyl (C=O) groups is 1. The molecule has 1 aromatic rings. The second kappa shape index (κ2) is 5.80. The fourth-order valence-corrected chi connectivity index (χ4v) is 3.98. The molecule has 1 saturated carbocycles. The van der Waals surface area contributed by atoms with Crippen molar-refractivity contribution >= 4 is 5.97 Å². The zero-order valence-electron chi connectivity index (χ0n) is 13.0. The van der Waals surface area contributed by atoms with Gasteiger partial charge < -0.3 is 5.11 Å². The van der Waals surface area contributed by atoms with E-state index in [4.69, 9.17) is 0 Å². The molecule has 3 rings (SSSR count). The zero-order valence-corrected chi connectivity index (χ0v) is 13.0. The highest BCUT2D eigenvalue weighted by Gasteiger charge is 2.38. The highest BCUT2D eigenvalue weighted by Crippen LogP contribution is 2.36. The van der Waals surface area contributed by atoms with Crippen LogP contribution in [0.2, 0.25) is 0 Å². The number of rotatable bonds is 2. The van der Waals surface area contributed by atoms with Gasteiger partial charge in [-0.05, 0) is 48.6 Å². The van der Waals surface area contributed by atoms with E-state index >= 15 is 0 Å². The zero-order chi connectivity index (χ0) is 15.0. The number of hydrogen-bond donors (Lipinski definition) is 1. The van der Waals surface area contributed by atoms with Crippen molar-refractivity contribution in [1.82, 2.24) is 4.90 Å². The molecule has 1 fully saturated rings. The second-order valence-electron chi connectivity index (χ2n) is 6.92. The molecule has 3 nitrogen and oxygen atoms in total. The Balaban J connectivity index is 1.84. The van der Waals surface area contributed by atoms with E-state index in [1.165, 1.54) is 17.5 Å². The van der Waals surface area contributed by atoms with Crippen LogP contribution in [0.4, 0.5) is 0 Å². The van der Waals surface area contributed by atoms with Crippen molar-refractivity contribution in [2.75, 3.05) is 0 Å². The molecule has 0 saturated heterocycles. The van der Waals surface area contributed by atoms with Gasteiger partial charge in [-0.2, -0.15) is 0 Å². The van der Waals surface area contributed by atoms with Crippen LogP contribution >= 0.6 is 0 Å². The first-order chi connectivity index (χ1) is 10.1. The van der Waals surface area contributed by atoms with E-state index in [9.17, 15) is 9.90 Å². The summed E-state index contributed by atoms with van der Waals surface area (Å²) >= 11 is 0. The molecular formula is C18H25NO2. The minimum absolute atomic E-state index is 0.356. The molecule has 1 aromatic carbocycles. The number of benzene rings is 1. The summed E-state index contributed by atoms with van der Waals surface area (Å²) < 4.78 is 0. The molecule has 0 amide bonds. The Morgan fingerprint density at radius 2 is 1.86 bits per heavy atom. The van der Waals surface area contributed by atoms with Gasteiger partial charge >= 0.3 is 5.97 Å². The lowest BCUT2D eigenvalue weighted by Gasteiger charge is -2.44. The highest BCUT2D eigenvalue weighted by molar-refractivity contribution is 5.74. The second-order valence-corrected chi connectivity index (χ2v) is 6.92. The summed E-state index contributed by atoms with van der Waals surface area (Å²) in [6.07, 6.45) is 4.13. The van der Waals surface area contributed by atoms with Crippen LogP contribution in [0.3, 0.4) is 0 Å². The maximum Gasteiger partial charge on any atom is 0.321 e. The molecule has 1 aliphatic carbocycles. The first-order valence-corrected chi connectivity index (χ1v) is 8.11. The maximum atomic E-state index is 11.7. The van der Waals surface area contributed by atoms with Gasteiger partial charge in [0.15, 0.2) is 0 Å². The predicted octanol–water partition coefficient (Wildman–Crippen LogP) is 3.32. The van der Waals surface area contributed by atoms with E-state index in [1.54, 1.807) is 0 Å². The summed E-state index contributed by atoms with van der Waals surface area (Å²) in [4.78, 5) is 14.0. The van der Waals surface area contributed by atoms with Crippen molar-refractivity contribution in [1.29, 1.82) is 0 Å². The minimum atomic E-state index is -0.671. The van der Waals surface area contributed by atoms with Gasteiger partial charge in [0.2, 0.25) is 0 Å². The summed E-state index contributed by atoms with van der Waals surface area (Å²) in [7, 11) is 0. The van der Waals surface area contributed by atoms with E-state index in [0.29, 0.717) is 18.4 Å². The summed E-state index contributed by atoms with van der Waals surface area (Å²) in [5, 5.41) is 9.64. The molecule has 0 bridgehead atoms. The Hall–Kier alpha value is -1.35. The van der Waals surface area contributed by atoms with Crippen molar-refractivity contribution in [3.63, 3.8) is 0 Å². The maximum absolute atomic E-state index is 11.7. The van der Waals surface area contributed by atoms with Crippen LogP contribution in [-0.2, 0) is 17.8 Å². The Morgan fingerprint density at radius 1 is 1.14 bits per heavy atom. The molecule has 3 heteroatoms. The third-order valence-corrected chi connectivity index (χ3v) is 5.61. The van der Waals surface area contributed by atoms with Gasteiger partial charge in [-0.1, -0.05) is 38.1 Å². The lowest BCUT2D eigenvalue weighted by molar-refractivity contribution is -0.145. The summed E-state index contributed by atoms with van der Waals surface area (Å²) in [6.45, 7) is 5.42. The van der Waals surface area contributed by atoms with E-state index in [0.717, 1.165) is 25.3 Å². The van der Waals surface area contributed by atoms with Gasteiger partial charge in [0, 0.05) is 12.6 Å². The van der Waals surface area contributed by atoms with Gasteiger partial charge in [0.25, 0.3) is 0 Å². The third kappa shape index (κ3) is 2.84. The molecule has 0 spiro atoms. The third-order valence-electron chi connectivity index (χ3n) is 5.61. The average molecular weight is 287 g/mol. The quantitative estimate of drug-likeness (QED) is 0.907. The van der Waals surface area contributed by atoms with Crippen molar-refractivity contribution < 1.29 is 9.90 Å².